The molecule has 1 heterocycles. The molecule has 4 nitrogen and oxygen atoms in total. The molecule has 138 valence electrons. The number of carbonyl (C=O) groups excluding carboxylic acids is 1. The van der Waals surface area contributed by atoms with Crippen LogP contribution in [0.15, 0.2) is 82.8 Å². The third kappa shape index (κ3) is 4.89. The number of rotatable bonds is 6. The first-order valence-corrected chi connectivity index (χ1v) is 9.56. The SMILES string of the molecule is CN(Cc1ccc(N(C)C)cc1)C(=O)c1cccnc1Sc1ccccc1. The van der Waals surface area contributed by atoms with Gasteiger partial charge in [-0.2, -0.15) is 0 Å². The molecule has 0 aliphatic carbocycles. The third-order valence-electron chi connectivity index (χ3n) is 4.18. The van der Waals surface area contributed by atoms with E-state index in [0.29, 0.717) is 12.1 Å². The van der Waals surface area contributed by atoms with Crippen molar-refractivity contribution in [1.82, 2.24) is 9.88 Å². The summed E-state index contributed by atoms with van der Waals surface area (Å²) in [6, 6.07) is 21.9. The molecule has 0 atom stereocenters. The monoisotopic (exact) mass is 377 g/mol. The Kier molecular flexibility index (Phi) is 6.14. The fraction of sp³-hybridized carbons (Fsp3) is 0.182. The second-order valence-corrected chi connectivity index (χ2v) is 7.56. The predicted octanol–water partition coefficient (Wildman–Crippen LogP) is 4.57. The van der Waals surface area contributed by atoms with Gasteiger partial charge in [0.25, 0.3) is 5.91 Å². The lowest BCUT2D eigenvalue weighted by molar-refractivity contribution is 0.0781. The van der Waals surface area contributed by atoms with Crippen LogP contribution in [0.25, 0.3) is 0 Å². The molecule has 27 heavy (non-hydrogen) atoms. The Balaban J connectivity index is 1.75. The highest BCUT2D eigenvalue weighted by Gasteiger charge is 2.17. The summed E-state index contributed by atoms with van der Waals surface area (Å²) >= 11 is 1.51. The minimum Gasteiger partial charge on any atom is -0.378 e. The van der Waals surface area contributed by atoms with Crippen LogP contribution in [0.3, 0.4) is 0 Å². The van der Waals surface area contributed by atoms with E-state index in [-0.39, 0.29) is 5.91 Å². The third-order valence-corrected chi connectivity index (χ3v) is 5.21. The van der Waals surface area contributed by atoms with Crippen molar-refractivity contribution in [1.29, 1.82) is 0 Å². The van der Waals surface area contributed by atoms with E-state index in [1.54, 1.807) is 11.1 Å². The van der Waals surface area contributed by atoms with Crippen LogP contribution in [0.4, 0.5) is 5.69 Å². The van der Waals surface area contributed by atoms with Gasteiger partial charge >= 0.3 is 0 Å². The summed E-state index contributed by atoms with van der Waals surface area (Å²) in [6.07, 6.45) is 1.72. The first-order chi connectivity index (χ1) is 13.0. The quantitative estimate of drug-likeness (QED) is 0.630. The number of carbonyl (C=O) groups is 1. The van der Waals surface area contributed by atoms with Crippen molar-refractivity contribution in [2.75, 3.05) is 26.0 Å². The first-order valence-electron chi connectivity index (χ1n) is 8.74. The second-order valence-electron chi connectivity index (χ2n) is 6.49. The van der Waals surface area contributed by atoms with Crippen molar-refractivity contribution in [3.05, 3.63) is 84.1 Å². The van der Waals surface area contributed by atoms with Crippen molar-refractivity contribution < 1.29 is 4.79 Å². The Bertz CT molecular complexity index is 895. The number of nitrogens with zero attached hydrogens (tertiary/aromatic N) is 3. The fourth-order valence-corrected chi connectivity index (χ4v) is 3.58. The van der Waals surface area contributed by atoms with Gasteiger partial charge in [-0.25, -0.2) is 4.98 Å². The summed E-state index contributed by atoms with van der Waals surface area (Å²) in [7, 11) is 5.85. The molecule has 1 aromatic heterocycles. The molecule has 1 amide bonds. The Morgan fingerprint density at radius 3 is 2.30 bits per heavy atom. The van der Waals surface area contributed by atoms with E-state index in [0.717, 1.165) is 21.2 Å². The summed E-state index contributed by atoms with van der Waals surface area (Å²) in [5.74, 6) is -0.0294. The van der Waals surface area contributed by atoms with Crippen LogP contribution in [-0.4, -0.2) is 36.9 Å². The maximum atomic E-state index is 13.0. The Morgan fingerprint density at radius 1 is 0.926 bits per heavy atom. The van der Waals surface area contributed by atoms with Crippen LogP contribution in [0.5, 0.6) is 0 Å². The number of amides is 1. The van der Waals surface area contributed by atoms with Gasteiger partial charge in [-0.05, 0) is 42.0 Å². The van der Waals surface area contributed by atoms with Crippen LogP contribution in [-0.2, 0) is 6.54 Å². The number of hydrogen-bond donors (Lipinski definition) is 0. The molecular weight excluding hydrogens is 354 g/mol. The van der Waals surface area contributed by atoms with Crippen LogP contribution in [0.1, 0.15) is 15.9 Å². The van der Waals surface area contributed by atoms with E-state index in [9.17, 15) is 4.79 Å². The zero-order chi connectivity index (χ0) is 19.2. The van der Waals surface area contributed by atoms with Gasteiger partial charge in [-0.15, -0.1) is 0 Å². The van der Waals surface area contributed by atoms with Gasteiger partial charge in [0, 0.05) is 44.5 Å². The maximum Gasteiger partial charge on any atom is 0.256 e. The van der Waals surface area contributed by atoms with Gasteiger partial charge in [-0.3, -0.25) is 4.79 Å². The molecule has 0 bridgehead atoms. The number of anilines is 1. The summed E-state index contributed by atoms with van der Waals surface area (Å²) in [6.45, 7) is 0.552. The van der Waals surface area contributed by atoms with Crippen LogP contribution >= 0.6 is 11.8 Å². The van der Waals surface area contributed by atoms with Crippen LogP contribution in [0, 0.1) is 0 Å². The molecule has 0 saturated heterocycles. The lowest BCUT2D eigenvalue weighted by atomic mass is 10.1. The molecule has 0 unspecified atom stereocenters. The molecule has 0 N–H and O–H groups in total. The molecule has 0 radical (unpaired) electrons. The fourth-order valence-electron chi connectivity index (χ4n) is 2.69. The van der Waals surface area contributed by atoms with Crippen molar-refractivity contribution >= 4 is 23.4 Å². The van der Waals surface area contributed by atoms with Crippen LogP contribution in [0.2, 0.25) is 0 Å². The highest BCUT2D eigenvalue weighted by Crippen LogP contribution is 2.29. The van der Waals surface area contributed by atoms with Gasteiger partial charge in [0.15, 0.2) is 0 Å². The van der Waals surface area contributed by atoms with E-state index in [2.05, 4.69) is 34.1 Å². The van der Waals surface area contributed by atoms with E-state index in [1.807, 2.05) is 63.6 Å². The standard InChI is InChI=1S/C22H23N3OS/c1-24(2)18-13-11-17(12-14-18)16-25(3)22(26)20-10-7-15-23-21(20)27-19-8-5-4-6-9-19/h4-15H,16H2,1-3H3. The average molecular weight is 378 g/mol. The number of pyridine rings is 1. The molecular formula is C22H23N3OS. The molecule has 0 aliphatic rings. The van der Waals surface area contributed by atoms with Crippen molar-refractivity contribution in [2.45, 2.75) is 16.5 Å². The topological polar surface area (TPSA) is 36.4 Å². The van der Waals surface area contributed by atoms with Gasteiger partial charge < -0.3 is 9.80 Å². The lowest BCUT2D eigenvalue weighted by Crippen LogP contribution is -2.26. The highest BCUT2D eigenvalue weighted by atomic mass is 32.2. The summed E-state index contributed by atoms with van der Waals surface area (Å²) in [5.41, 5.74) is 2.86. The zero-order valence-corrected chi connectivity index (χ0v) is 16.6. The van der Waals surface area contributed by atoms with E-state index in [1.165, 1.54) is 11.8 Å². The first kappa shape index (κ1) is 19.0. The maximum absolute atomic E-state index is 13.0. The van der Waals surface area contributed by atoms with Gasteiger partial charge in [0.1, 0.15) is 5.03 Å². The number of aromatic nitrogens is 1. The summed E-state index contributed by atoms with van der Waals surface area (Å²) in [5, 5.41) is 0.725. The molecule has 0 spiro atoms. The van der Waals surface area contributed by atoms with E-state index in [4.69, 9.17) is 0 Å². The van der Waals surface area contributed by atoms with Gasteiger partial charge in [0.2, 0.25) is 0 Å². The number of hydrogen-bond acceptors (Lipinski definition) is 4. The predicted molar refractivity (Wildman–Crippen MR) is 111 cm³/mol. The molecule has 0 fully saturated rings. The molecule has 0 saturated carbocycles. The summed E-state index contributed by atoms with van der Waals surface area (Å²) in [4.78, 5) is 22.3. The zero-order valence-electron chi connectivity index (χ0n) is 15.8. The van der Waals surface area contributed by atoms with Crippen molar-refractivity contribution in [2.24, 2.45) is 0 Å². The molecule has 0 aliphatic heterocycles. The Labute approximate surface area is 164 Å². The minimum absolute atomic E-state index is 0.0294. The number of benzene rings is 2. The lowest BCUT2D eigenvalue weighted by Gasteiger charge is -2.19. The summed E-state index contributed by atoms with van der Waals surface area (Å²) < 4.78 is 0. The van der Waals surface area contributed by atoms with Crippen LogP contribution < -0.4 is 4.90 Å². The Morgan fingerprint density at radius 2 is 1.63 bits per heavy atom. The van der Waals surface area contributed by atoms with Crippen molar-refractivity contribution in [3.63, 3.8) is 0 Å². The van der Waals surface area contributed by atoms with Gasteiger partial charge in [0.05, 0.1) is 5.56 Å². The van der Waals surface area contributed by atoms with E-state index >= 15 is 0 Å². The van der Waals surface area contributed by atoms with E-state index < -0.39 is 0 Å². The second kappa shape index (κ2) is 8.73. The molecule has 5 heteroatoms. The normalized spacial score (nSPS) is 10.5. The highest BCUT2D eigenvalue weighted by molar-refractivity contribution is 7.99. The smallest absolute Gasteiger partial charge is 0.256 e. The largest absolute Gasteiger partial charge is 0.378 e. The van der Waals surface area contributed by atoms with Gasteiger partial charge in [-0.1, -0.05) is 42.1 Å². The molecule has 3 rings (SSSR count). The average Bonchev–Trinajstić information content (AvgIpc) is 2.69. The Hall–Kier alpha value is -2.79. The molecule has 3 aromatic rings. The molecule has 2 aromatic carbocycles. The van der Waals surface area contributed by atoms with Crippen molar-refractivity contribution in [3.8, 4) is 0 Å². The minimum atomic E-state index is -0.0294.